The van der Waals surface area contributed by atoms with Gasteiger partial charge in [0.2, 0.25) is 5.11 Å². The molecule has 1 rings (SSSR count). The van der Waals surface area contributed by atoms with Crippen LogP contribution in [0.3, 0.4) is 0 Å². The summed E-state index contributed by atoms with van der Waals surface area (Å²) in [6, 6.07) is 6.09. The van der Waals surface area contributed by atoms with Crippen LogP contribution in [-0.4, -0.2) is 29.1 Å². The summed E-state index contributed by atoms with van der Waals surface area (Å²) in [6.45, 7) is 9.78. The number of guanidine groups is 1. The third-order valence-corrected chi connectivity index (χ3v) is 3.21. The lowest BCUT2D eigenvalue weighted by Crippen LogP contribution is -2.38. The van der Waals surface area contributed by atoms with Gasteiger partial charge in [-0.1, -0.05) is 18.2 Å². The quantitative estimate of drug-likeness (QED) is 0.511. The lowest BCUT2D eigenvalue weighted by Gasteiger charge is -2.19. The molecule has 1 aromatic carbocycles. The van der Waals surface area contributed by atoms with Gasteiger partial charge in [-0.25, -0.2) is 0 Å². The second-order valence-corrected chi connectivity index (χ2v) is 4.73. The van der Waals surface area contributed by atoms with E-state index in [1.165, 1.54) is 0 Å². The fraction of sp³-hybridized carbons (Fsp3) is 0.429. The van der Waals surface area contributed by atoms with Crippen LogP contribution in [0.4, 0.5) is 5.69 Å². The van der Waals surface area contributed by atoms with Crippen molar-refractivity contribution < 1.29 is 0 Å². The number of hydrogen-bond acceptors (Lipinski definition) is 1. The zero-order chi connectivity index (χ0) is 14.4. The van der Waals surface area contributed by atoms with Crippen molar-refractivity contribution in [3.05, 3.63) is 29.3 Å². The van der Waals surface area contributed by atoms with Gasteiger partial charge in [-0.15, -0.1) is 12.4 Å². The van der Waals surface area contributed by atoms with Crippen LogP contribution in [0.15, 0.2) is 23.2 Å². The van der Waals surface area contributed by atoms with Gasteiger partial charge in [0.25, 0.3) is 0 Å². The number of benzene rings is 1. The summed E-state index contributed by atoms with van der Waals surface area (Å²) in [5.74, 6) is 0.453. The van der Waals surface area contributed by atoms with E-state index in [0.29, 0.717) is 11.1 Å². The molecule has 0 aliphatic rings. The number of nitrogens with two attached hydrogens (primary N) is 1. The summed E-state index contributed by atoms with van der Waals surface area (Å²) in [6.07, 6.45) is 0. The Hall–Kier alpha value is -1.33. The number of nitrogens with one attached hydrogen (secondary N) is 1. The fourth-order valence-electron chi connectivity index (χ4n) is 1.87. The standard InChI is InChI=1S/C14H22N4S.ClH/c1-5-18(6-2)13(15)17-14(19)16-12-10(3)8-7-9-11(12)4;/h7-9H,5-6H2,1-4H3,(H3,15,16,17,19);1H. The molecular weight excluding hydrogens is 292 g/mol. The first-order valence-electron chi connectivity index (χ1n) is 6.45. The highest BCUT2D eigenvalue weighted by Crippen LogP contribution is 2.19. The SMILES string of the molecule is CCN(CC)/C(N)=N\C(=S)Nc1c(C)cccc1C.Cl. The molecule has 0 aliphatic heterocycles. The highest BCUT2D eigenvalue weighted by atomic mass is 35.5. The van der Waals surface area contributed by atoms with Crippen molar-refractivity contribution in [3.63, 3.8) is 0 Å². The fourth-order valence-corrected chi connectivity index (χ4v) is 2.06. The molecule has 112 valence electrons. The molecule has 0 heterocycles. The van der Waals surface area contributed by atoms with Gasteiger partial charge in [-0.2, -0.15) is 4.99 Å². The molecule has 0 radical (unpaired) electrons. The van der Waals surface area contributed by atoms with Gasteiger partial charge in [-0.3, -0.25) is 0 Å². The normalized spacial score (nSPS) is 10.7. The molecule has 3 N–H and O–H groups in total. The molecule has 0 aromatic heterocycles. The molecule has 0 atom stereocenters. The minimum atomic E-state index is 0. The topological polar surface area (TPSA) is 53.6 Å². The Kier molecular flexibility index (Phi) is 8.18. The maximum absolute atomic E-state index is 5.92. The van der Waals surface area contributed by atoms with Crippen LogP contribution in [0, 0.1) is 13.8 Å². The Labute approximate surface area is 132 Å². The molecule has 0 unspecified atom stereocenters. The van der Waals surface area contributed by atoms with Gasteiger partial charge < -0.3 is 16.0 Å². The van der Waals surface area contributed by atoms with Crippen LogP contribution in [-0.2, 0) is 0 Å². The van der Waals surface area contributed by atoms with Crippen molar-refractivity contribution in [1.29, 1.82) is 0 Å². The predicted octanol–water partition coefficient (Wildman–Crippen LogP) is 3.08. The highest BCUT2D eigenvalue weighted by molar-refractivity contribution is 7.80. The summed E-state index contributed by atoms with van der Waals surface area (Å²) in [7, 11) is 0. The third kappa shape index (κ3) is 4.98. The van der Waals surface area contributed by atoms with E-state index in [2.05, 4.69) is 10.3 Å². The Balaban J connectivity index is 0.00000361. The number of para-hydroxylation sites is 1. The molecule has 0 saturated carbocycles. The molecule has 0 saturated heterocycles. The largest absolute Gasteiger partial charge is 0.369 e. The Morgan fingerprint density at radius 1 is 1.25 bits per heavy atom. The molecule has 0 fully saturated rings. The van der Waals surface area contributed by atoms with E-state index in [4.69, 9.17) is 18.0 Å². The van der Waals surface area contributed by atoms with Crippen LogP contribution in [0.2, 0.25) is 0 Å². The maximum Gasteiger partial charge on any atom is 0.200 e. The third-order valence-electron chi connectivity index (χ3n) is 3.02. The first kappa shape index (κ1) is 18.7. The smallest absolute Gasteiger partial charge is 0.200 e. The molecule has 20 heavy (non-hydrogen) atoms. The summed E-state index contributed by atoms with van der Waals surface area (Å²) in [5.41, 5.74) is 9.20. The lowest BCUT2D eigenvalue weighted by molar-refractivity contribution is 0.461. The van der Waals surface area contributed by atoms with Gasteiger partial charge in [0.05, 0.1) is 0 Å². The number of nitrogens with zero attached hydrogens (tertiary/aromatic N) is 2. The van der Waals surface area contributed by atoms with Crippen LogP contribution >= 0.6 is 24.6 Å². The predicted molar refractivity (Wildman–Crippen MR) is 93.9 cm³/mol. The number of aliphatic imine (C=N–C) groups is 1. The van der Waals surface area contributed by atoms with E-state index < -0.39 is 0 Å². The number of aryl methyl sites for hydroxylation is 2. The summed E-state index contributed by atoms with van der Waals surface area (Å²) in [4.78, 5) is 6.19. The summed E-state index contributed by atoms with van der Waals surface area (Å²) >= 11 is 5.24. The molecule has 0 aliphatic carbocycles. The van der Waals surface area contributed by atoms with Crippen LogP contribution in [0.25, 0.3) is 0 Å². The van der Waals surface area contributed by atoms with Gasteiger partial charge in [0, 0.05) is 18.8 Å². The molecule has 0 spiro atoms. The summed E-state index contributed by atoms with van der Waals surface area (Å²) in [5, 5.41) is 3.54. The first-order chi connectivity index (χ1) is 8.99. The minimum Gasteiger partial charge on any atom is -0.369 e. The van der Waals surface area contributed by atoms with E-state index in [-0.39, 0.29) is 12.4 Å². The molecular formula is C14H23ClN4S. The van der Waals surface area contributed by atoms with E-state index in [1.54, 1.807) is 0 Å². The van der Waals surface area contributed by atoms with E-state index >= 15 is 0 Å². The van der Waals surface area contributed by atoms with Crippen molar-refractivity contribution in [2.45, 2.75) is 27.7 Å². The molecule has 0 bridgehead atoms. The van der Waals surface area contributed by atoms with Gasteiger partial charge in [0.1, 0.15) is 0 Å². The van der Waals surface area contributed by atoms with Crippen LogP contribution in [0.1, 0.15) is 25.0 Å². The monoisotopic (exact) mass is 314 g/mol. The highest BCUT2D eigenvalue weighted by Gasteiger charge is 2.06. The van der Waals surface area contributed by atoms with E-state index in [1.807, 2.05) is 50.8 Å². The minimum absolute atomic E-state index is 0. The van der Waals surface area contributed by atoms with E-state index in [0.717, 1.165) is 29.9 Å². The van der Waals surface area contributed by atoms with E-state index in [9.17, 15) is 0 Å². The molecule has 1 aromatic rings. The Morgan fingerprint density at radius 3 is 2.20 bits per heavy atom. The average Bonchev–Trinajstić information content (AvgIpc) is 2.35. The van der Waals surface area contributed by atoms with Crippen molar-refractivity contribution in [2.75, 3.05) is 18.4 Å². The van der Waals surface area contributed by atoms with Crippen molar-refractivity contribution in [2.24, 2.45) is 10.7 Å². The second-order valence-electron chi connectivity index (χ2n) is 4.34. The lowest BCUT2D eigenvalue weighted by atomic mass is 10.1. The zero-order valence-electron chi connectivity index (χ0n) is 12.4. The van der Waals surface area contributed by atoms with Crippen molar-refractivity contribution in [1.82, 2.24) is 4.90 Å². The Morgan fingerprint density at radius 2 is 1.75 bits per heavy atom. The molecule has 0 amide bonds. The van der Waals surface area contributed by atoms with Crippen molar-refractivity contribution >= 4 is 41.4 Å². The number of rotatable bonds is 3. The van der Waals surface area contributed by atoms with Gasteiger partial charge in [0.15, 0.2) is 5.96 Å². The number of anilines is 1. The first-order valence-corrected chi connectivity index (χ1v) is 6.86. The van der Waals surface area contributed by atoms with Crippen molar-refractivity contribution in [3.8, 4) is 0 Å². The maximum atomic E-state index is 5.92. The number of hydrogen-bond donors (Lipinski definition) is 2. The summed E-state index contributed by atoms with van der Waals surface area (Å²) < 4.78 is 0. The molecule has 4 nitrogen and oxygen atoms in total. The molecule has 6 heteroatoms. The Bertz CT molecular complexity index is 464. The number of halogens is 1. The van der Waals surface area contributed by atoms with Gasteiger partial charge in [-0.05, 0) is 51.0 Å². The second kappa shape index (κ2) is 8.76. The zero-order valence-corrected chi connectivity index (χ0v) is 14.1. The average molecular weight is 315 g/mol. The van der Waals surface area contributed by atoms with Crippen LogP contribution in [0.5, 0.6) is 0 Å². The van der Waals surface area contributed by atoms with Crippen LogP contribution < -0.4 is 11.1 Å². The number of thiocarbonyl (C=S) groups is 1. The van der Waals surface area contributed by atoms with Gasteiger partial charge >= 0.3 is 0 Å².